The molecule has 2 amide bonds. The summed E-state index contributed by atoms with van der Waals surface area (Å²) >= 11 is 0. The van der Waals surface area contributed by atoms with E-state index in [0.717, 1.165) is 42.1 Å². The molecular weight excluding hydrogens is 620 g/mol. The lowest BCUT2D eigenvalue weighted by Crippen LogP contribution is -2.49. The summed E-state index contributed by atoms with van der Waals surface area (Å²) in [5.74, 6) is 0.477. The van der Waals surface area contributed by atoms with Crippen molar-refractivity contribution in [2.24, 2.45) is 5.92 Å². The van der Waals surface area contributed by atoms with Crippen molar-refractivity contribution in [1.82, 2.24) is 19.9 Å². The number of ether oxygens (including phenoxy) is 2. The molecule has 0 saturated heterocycles. The third-order valence-corrected chi connectivity index (χ3v) is 10.5. The van der Waals surface area contributed by atoms with Crippen LogP contribution < -0.4 is 15.4 Å². The van der Waals surface area contributed by atoms with Gasteiger partial charge in [-0.25, -0.2) is 13.2 Å². The molecule has 1 aliphatic carbocycles. The van der Waals surface area contributed by atoms with Crippen LogP contribution in [0.2, 0.25) is 0 Å². The molecule has 2 atom stereocenters. The number of carbonyl (C=O) groups is 2. The third kappa shape index (κ3) is 10.2. The van der Waals surface area contributed by atoms with Gasteiger partial charge in [0.25, 0.3) is 0 Å². The number of carbonyl (C=O) groups excluding carboxylic acids is 2. The van der Waals surface area contributed by atoms with Crippen LogP contribution in [0.3, 0.4) is 0 Å². The van der Waals surface area contributed by atoms with E-state index in [-0.39, 0.29) is 29.7 Å². The number of benzene rings is 2. The Morgan fingerprint density at radius 3 is 2.43 bits per heavy atom. The highest BCUT2D eigenvalue weighted by Gasteiger charge is 2.34. The summed E-state index contributed by atoms with van der Waals surface area (Å²) in [4.78, 5) is 29.4. The first-order chi connectivity index (χ1) is 22.4. The average molecular weight is 671 g/mol. The number of sulfonamides is 1. The molecule has 0 aliphatic heterocycles. The minimum Gasteiger partial charge on any atom is -0.497 e. The fraction of sp³-hybridized carbons (Fsp3) is 0.543. The monoisotopic (exact) mass is 670 g/mol. The summed E-state index contributed by atoms with van der Waals surface area (Å²) in [6.07, 6.45) is 7.10. The molecule has 47 heavy (non-hydrogen) atoms. The maximum absolute atomic E-state index is 13.8. The van der Waals surface area contributed by atoms with Gasteiger partial charge in [0.1, 0.15) is 17.4 Å². The number of rotatable bonds is 16. The number of hydrogen-bond acceptors (Lipinski definition) is 7. The maximum atomic E-state index is 13.8. The van der Waals surface area contributed by atoms with Gasteiger partial charge in [-0.05, 0) is 88.3 Å². The second kappa shape index (κ2) is 16.5. The molecule has 12 heteroatoms. The number of fused-ring (bicyclic) bond motifs is 1. The minimum absolute atomic E-state index is 0.167. The minimum atomic E-state index is -3.86. The van der Waals surface area contributed by atoms with Crippen LogP contribution >= 0.6 is 0 Å². The molecule has 0 unspecified atom stereocenters. The lowest BCUT2D eigenvalue weighted by Gasteiger charge is -2.32. The molecule has 1 aromatic heterocycles. The predicted octanol–water partition coefficient (Wildman–Crippen LogP) is 5.14. The molecule has 1 fully saturated rings. The zero-order valence-electron chi connectivity index (χ0n) is 28.0. The van der Waals surface area contributed by atoms with E-state index < -0.39 is 33.8 Å². The molecule has 4 N–H and O–H groups in total. The number of aromatic amines is 1. The Kier molecular flexibility index (Phi) is 12.7. The second-order valence-electron chi connectivity index (χ2n) is 13.3. The van der Waals surface area contributed by atoms with Gasteiger partial charge >= 0.3 is 6.09 Å². The highest BCUT2D eigenvalue weighted by Crippen LogP contribution is 2.30. The molecule has 1 aliphatic rings. The maximum Gasteiger partial charge on any atom is 0.408 e. The van der Waals surface area contributed by atoms with Crippen molar-refractivity contribution in [2.75, 3.05) is 26.8 Å². The van der Waals surface area contributed by atoms with Crippen LogP contribution in [0.4, 0.5) is 4.79 Å². The molecule has 2 aromatic carbocycles. The van der Waals surface area contributed by atoms with Gasteiger partial charge in [0, 0.05) is 42.7 Å². The standard InChI is InChI=1S/C35H50N4O7S/c1-35(2,3)46-34(42)38-32(21-26-22-37-31-15-8-7-14-30(26)31)33(41)36-20-10-9-13-27(24-40)39(23-25-11-5-6-12-25)47(43,44)29-18-16-28(45-4)17-19-29/h7-8,14-19,22,25,27,32,37,40H,5-6,9-13,20-21,23-24H2,1-4H3,(H,36,41)(H,38,42)/t27-,32-/m0/s1. The van der Waals surface area contributed by atoms with Crippen molar-refractivity contribution in [3.8, 4) is 5.75 Å². The summed E-state index contributed by atoms with van der Waals surface area (Å²) in [5, 5.41) is 17.0. The molecule has 0 spiro atoms. The highest BCUT2D eigenvalue weighted by molar-refractivity contribution is 7.89. The molecule has 3 aromatic rings. The number of alkyl carbamates (subject to hydrolysis) is 1. The van der Waals surface area contributed by atoms with Crippen LogP contribution in [-0.4, -0.2) is 79.3 Å². The Hall–Kier alpha value is -3.61. The fourth-order valence-corrected chi connectivity index (χ4v) is 7.84. The lowest BCUT2D eigenvalue weighted by atomic mass is 10.0. The van der Waals surface area contributed by atoms with Gasteiger partial charge in [0.2, 0.25) is 15.9 Å². The van der Waals surface area contributed by atoms with Gasteiger partial charge in [-0.1, -0.05) is 37.5 Å². The molecule has 1 saturated carbocycles. The number of unbranched alkanes of at least 4 members (excludes halogenated alkanes) is 1. The van der Waals surface area contributed by atoms with Crippen LogP contribution in [0.1, 0.15) is 71.3 Å². The topological polar surface area (TPSA) is 150 Å². The second-order valence-corrected chi connectivity index (χ2v) is 15.2. The van der Waals surface area contributed by atoms with Crippen LogP contribution in [0.15, 0.2) is 59.6 Å². The molecule has 258 valence electrons. The number of H-pyrrole nitrogens is 1. The number of aliphatic hydroxyl groups excluding tert-OH is 1. The van der Waals surface area contributed by atoms with Crippen molar-refractivity contribution in [3.05, 3.63) is 60.3 Å². The first kappa shape index (κ1) is 36.2. The number of nitrogens with zero attached hydrogens (tertiary/aromatic N) is 1. The largest absolute Gasteiger partial charge is 0.497 e. The zero-order valence-corrected chi connectivity index (χ0v) is 28.8. The number of amides is 2. The zero-order chi connectivity index (χ0) is 34.0. The Labute approximate surface area is 278 Å². The van der Waals surface area contributed by atoms with Crippen LogP contribution in [0, 0.1) is 5.92 Å². The van der Waals surface area contributed by atoms with Gasteiger partial charge in [-0.3, -0.25) is 4.79 Å². The number of hydrogen-bond donors (Lipinski definition) is 4. The van der Waals surface area contributed by atoms with Crippen LogP contribution in [0.5, 0.6) is 5.75 Å². The first-order valence-corrected chi connectivity index (χ1v) is 17.9. The summed E-state index contributed by atoms with van der Waals surface area (Å²) in [6.45, 7) is 5.67. The molecule has 4 rings (SSSR count). The summed E-state index contributed by atoms with van der Waals surface area (Å²) in [6, 6.07) is 12.6. The van der Waals surface area contributed by atoms with E-state index in [2.05, 4.69) is 15.6 Å². The van der Waals surface area contributed by atoms with Crippen LogP contribution in [0.25, 0.3) is 10.9 Å². The van der Waals surface area contributed by atoms with E-state index in [9.17, 15) is 23.1 Å². The number of para-hydroxylation sites is 1. The molecule has 11 nitrogen and oxygen atoms in total. The summed E-state index contributed by atoms with van der Waals surface area (Å²) in [7, 11) is -2.33. The van der Waals surface area contributed by atoms with Gasteiger partial charge in [0.15, 0.2) is 0 Å². The Balaban J connectivity index is 1.38. The van der Waals surface area contributed by atoms with Crippen molar-refractivity contribution >= 4 is 32.9 Å². The quantitative estimate of drug-likeness (QED) is 0.154. The average Bonchev–Trinajstić information content (AvgIpc) is 3.71. The first-order valence-electron chi connectivity index (χ1n) is 16.5. The molecule has 1 heterocycles. The number of aliphatic hydroxyl groups is 1. The normalized spacial score (nSPS) is 15.4. The number of methoxy groups -OCH3 is 1. The smallest absolute Gasteiger partial charge is 0.408 e. The Morgan fingerprint density at radius 1 is 1.06 bits per heavy atom. The molecule has 0 bridgehead atoms. The Morgan fingerprint density at radius 2 is 1.77 bits per heavy atom. The fourth-order valence-electron chi connectivity index (χ4n) is 6.12. The van der Waals surface area contributed by atoms with Crippen molar-refractivity contribution < 1.29 is 32.6 Å². The summed E-state index contributed by atoms with van der Waals surface area (Å²) in [5.41, 5.74) is 1.11. The number of aromatic nitrogens is 1. The van der Waals surface area contributed by atoms with Crippen molar-refractivity contribution in [3.63, 3.8) is 0 Å². The van der Waals surface area contributed by atoms with Crippen molar-refractivity contribution in [1.29, 1.82) is 0 Å². The van der Waals surface area contributed by atoms with E-state index >= 15 is 0 Å². The SMILES string of the molecule is COc1ccc(S(=O)(=O)N(CC2CCCC2)[C@H](CO)CCCCNC(=O)[C@H](Cc2c[nH]c3ccccc23)NC(=O)OC(C)(C)C)cc1. The van der Waals surface area contributed by atoms with E-state index in [1.165, 1.54) is 23.5 Å². The van der Waals surface area contributed by atoms with Gasteiger partial charge in [-0.15, -0.1) is 0 Å². The lowest BCUT2D eigenvalue weighted by molar-refractivity contribution is -0.123. The van der Waals surface area contributed by atoms with E-state index in [4.69, 9.17) is 9.47 Å². The third-order valence-electron chi connectivity index (χ3n) is 8.57. The summed E-state index contributed by atoms with van der Waals surface area (Å²) < 4.78 is 39.8. The predicted molar refractivity (Wildman–Crippen MR) is 182 cm³/mol. The molecule has 0 radical (unpaired) electrons. The Bertz CT molecular complexity index is 1560. The van der Waals surface area contributed by atoms with Crippen LogP contribution in [-0.2, 0) is 26.0 Å². The molecular formula is C35H50N4O7S. The van der Waals surface area contributed by atoms with E-state index in [1.54, 1.807) is 32.9 Å². The van der Waals surface area contributed by atoms with Gasteiger partial charge < -0.3 is 30.2 Å². The van der Waals surface area contributed by atoms with Crippen molar-refractivity contribution in [2.45, 2.75) is 94.7 Å². The van der Waals surface area contributed by atoms with Gasteiger partial charge in [0.05, 0.1) is 18.6 Å². The number of nitrogens with one attached hydrogen (secondary N) is 3. The van der Waals surface area contributed by atoms with E-state index in [1.807, 2.05) is 30.5 Å². The van der Waals surface area contributed by atoms with E-state index in [0.29, 0.717) is 38.1 Å². The highest BCUT2D eigenvalue weighted by atomic mass is 32.2. The van der Waals surface area contributed by atoms with Gasteiger partial charge in [-0.2, -0.15) is 4.31 Å².